The highest BCUT2D eigenvalue weighted by Gasteiger charge is 2.06. The zero-order valence-electron chi connectivity index (χ0n) is 11.3. The van der Waals surface area contributed by atoms with Crippen molar-refractivity contribution < 1.29 is 9.59 Å². The van der Waals surface area contributed by atoms with Gasteiger partial charge in [-0.2, -0.15) is 0 Å². The number of hydrogen-bond donors (Lipinski definition) is 2. The van der Waals surface area contributed by atoms with E-state index in [0.717, 1.165) is 5.56 Å². The van der Waals surface area contributed by atoms with Crippen molar-refractivity contribution in [3.05, 3.63) is 65.2 Å². The van der Waals surface area contributed by atoms with E-state index in [1.54, 1.807) is 24.3 Å². The quantitative estimate of drug-likeness (QED) is 0.892. The summed E-state index contributed by atoms with van der Waals surface area (Å²) in [5.74, 6) is -0.466. The Morgan fingerprint density at radius 3 is 2.24 bits per heavy atom. The van der Waals surface area contributed by atoms with Gasteiger partial charge in [-0.3, -0.25) is 9.59 Å². The minimum atomic E-state index is -0.279. The molecular formula is C16H15ClN2O2. The Labute approximate surface area is 128 Å². The minimum absolute atomic E-state index is 0.0612. The molecule has 0 heterocycles. The summed E-state index contributed by atoms with van der Waals surface area (Å²) >= 11 is 5.76. The average Bonchev–Trinajstić information content (AvgIpc) is 2.49. The van der Waals surface area contributed by atoms with Crippen molar-refractivity contribution in [1.29, 1.82) is 0 Å². The van der Waals surface area contributed by atoms with Crippen molar-refractivity contribution in [2.45, 2.75) is 6.42 Å². The molecule has 2 N–H and O–H groups in total. The van der Waals surface area contributed by atoms with Gasteiger partial charge in [0.2, 0.25) is 11.8 Å². The molecule has 2 amide bonds. The first-order valence-electron chi connectivity index (χ1n) is 6.49. The second kappa shape index (κ2) is 7.45. The van der Waals surface area contributed by atoms with Gasteiger partial charge in [0.25, 0.3) is 0 Å². The van der Waals surface area contributed by atoms with Gasteiger partial charge < -0.3 is 10.6 Å². The minimum Gasteiger partial charge on any atom is -0.347 e. The summed E-state index contributed by atoms with van der Waals surface area (Å²) in [5.41, 5.74) is 1.55. The van der Waals surface area contributed by atoms with Crippen LogP contribution in [-0.4, -0.2) is 18.4 Å². The normalized spacial score (nSPS) is 9.95. The third-order valence-electron chi connectivity index (χ3n) is 2.78. The standard InChI is InChI=1S/C16H15ClN2O2/c17-13-6-8-14(9-7-13)19-16(21)11-18-15(20)10-12-4-2-1-3-5-12/h1-9H,10-11H2,(H,18,20)(H,19,21). The molecule has 0 aliphatic carbocycles. The first kappa shape index (κ1) is 15.1. The lowest BCUT2D eigenvalue weighted by atomic mass is 10.1. The van der Waals surface area contributed by atoms with Crippen LogP contribution >= 0.6 is 11.6 Å². The molecule has 108 valence electrons. The summed E-state index contributed by atoms with van der Waals surface area (Å²) in [6.45, 7) is -0.0612. The highest BCUT2D eigenvalue weighted by molar-refractivity contribution is 6.30. The van der Waals surface area contributed by atoms with Crippen molar-refractivity contribution >= 4 is 29.1 Å². The van der Waals surface area contributed by atoms with E-state index in [-0.39, 0.29) is 24.8 Å². The predicted octanol–water partition coefficient (Wildman–Crippen LogP) is 2.64. The molecule has 2 rings (SSSR count). The number of rotatable bonds is 5. The van der Waals surface area contributed by atoms with Crippen LogP contribution in [-0.2, 0) is 16.0 Å². The van der Waals surface area contributed by atoms with Crippen LogP contribution in [0.2, 0.25) is 5.02 Å². The third-order valence-corrected chi connectivity index (χ3v) is 3.03. The third kappa shape index (κ3) is 5.28. The number of hydrogen-bond acceptors (Lipinski definition) is 2. The smallest absolute Gasteiger partial charge is 0.243 e. The predicted molar refractivity (Wildman–Crippen MR) is 83.2 cm³/mol. The second-order valence-electron chi connectivity index (χ2n) is 4.49. The van der Waals surface area contributed by atoms with Crippen LogP contribution in [0, 0.1) is 0 Å². The van der Waals surface area contributed by atoms with E-state index in [4.69, 9.17) is 11.6 Å². The van der Waals surface area contributed by atoms with Crippen molar-refractivity contribution in [3.63, 3.8) is 0 Å². The van der Waals surface area contributed by atoms with E-state index >= 15 is 0 Å². The van der Waals surface area contributed by atoms with E-state index in [2.05, 4.69) is 10.6 Å². The number of nitrogens with one attached hydrogen (secondary N) is 2. The molecule has 0 atom stereocenters. The van der Waals surface area contributed by atoms with Crippen LogP contribution in [0.4, 0.5) is 5.69 Å². The topological polar surface area (TPSA) is 58.2 Å². The molecule has 0 saturated carbocycles. The summed E-state index contributed by atoms with van der Waals surface area (Å²) in [7, 11) is 0. The number of carbonyl (C=O) groups excluding carboxylic acids is 2. The Hall–Kier alpha value is -2.33. The van der Waals surface area contributed by atoms with Crippen molar-refractivity contribution in [2.24, 2.45) is 0 Å². The van der Waals surface area contributed by atoms with Gasteiger partial charge in [-0.05, 0) is 29.8 Å². The molecule has 4 nitrogen and oxygen atoms in total. The molecule has 0 spiro atoms. The number of anilines is 1. The summed E-state index contributed by atoms with van der Waals surface area (Å²) in [5, 5.41) is 5.86. The van der Waals surface area contributed by atoms with Gasteiger partial charge in [0, 0.05) is 10.7 Å². The fourth-order valence-corrected chi connectivity index (χ4v) is 1.89. The van der Waals surface area contributed by atoms with Crippen LogP contribution in [0.1, 0.15) is 5.56 Å². The average molecular weight is 303 g/mol. The molecule has 21 heavy (non-hydrogen) atoms. The molecule has 5 heteroatoms. The zero-order chi connectivity index (χ0) is 15.1. The monoisotopic (exact) mass is 302 g/mol. The van der Waals surface area contributed by atoms with Gasteiger partial charge in [0.1, 0.15) is 0 Å². The van der Waals surface area contributed by atoms with Crippen molar-refractivity contribution in [2.75, 3.05) is 11.9 Å². The molecule has 0 aliphatic rings. The number of amides is 2. The molecular weight excluding hydrogens is 288 g/mol. The maximum Gasteiger partial charge on any atom is 0.243 e. The van der Waals surface area contributed by atoms with E-state index in [1.807, 2.05) is 30.3 Å². The molecule has 0 saturated heterocycles. The lowest BCUT2D eigenvalue weighted by Crippen LogP contribution is -2.33. The summed E-state index contributed by atoms with van der Waals surface area (Å²) in [6.07, 6.45) is 0.259. The van der Waals surface area contributed by atoms with Crippen LogP contribution in [0.3, 0.4) is 0 Å². The summed E-state index contributed by atoms with van der Waals surface area (Å²) in [4.78, 5) is 23.4. The molecule has 2 aromatic carbocycles. The second-order valence-corrected chi connectivity index (χ2v) is 4.93. The molecule has 2 aromatic rings. The molecule has 0 aromatic heterocycles. The Balaban J connectivity index is 1.76. The zero-order valence-corrected chi connectivity index (χ0v) is 12.1. The highest BCUT2D eigenvalue weighted by atomic mass is 35.5. The van der Waals surface area contributed by atoms with Gasteiger partial charge in [0.05, 0.1) is 13.0 Å². The van der Waals surface area contributed by atoms with Gasteiger partial charge in [0.15, 0.2) is 0 Å². The van der Waals surface area contributed by atoms with E-state index < -0.39 is 0 Å². The van der Waals surface area contributed by atoms with E-state index in [9.17, 15) is 9.59 Å². The molecule has 0 unspecified atom stereocenters. The van der Waals surface area contributed by atoms with E-state index in [0.29, 0.717) is 10.7 Å². The number of halogens is 1. The van der Waals surface area contributed by atoms with Gasteiger partial charge in [-0.15, -0.1) is 0 Å². The van der Waals surface area contributed by atoms with Gasteiger partial charge in [-0.1, -0.05) is 41.9 Å². The largest absolute Gasteiger partial charge is 0.347 e. The highest BCUT2D eigenvalue weighted by Crippen LogP contribution is 2.12. The lowest BCUT2D eigenvalue weighted by molar-refractivity contribution is -0.123. The van der Waals surface area contributed by atoms with Crippen LogP contribution in [0.15, 0.2) is 54.6 Å². The Kier molecular flexibility index (Phi) is 5.35. The maximum atomic E-state index is 11.7. The maximum absolute atomic E-state index is 11.7. The van der Waals surface area contributed by atoms with Crippen LogP contribution < -0.4 is 10.6 Å². The molecule has 0 radical (unpaired) electrons. The Bertz CT molecular complexity index is 612. The van der Waals surface area contributed by atoms with Gasteiger partial charge in [-0.25, -0.2) is 0 Å². The van der Waals surface area contributed by atoms with Gasteiger partial charge >= 0.3 is 0 Å². The van der Waals surface area contributed by atoms with Crippen LogP contribution in [0.5, 0.6) is 0 Å². The summed E-state index contributed by atoms with van der Waals surface area (Å²) < 4.78 is 0. The van der Waals surface area contributed by atoms with E-state index in [1.165, 1.54) is 0 Å². The summed E-state index contributed by atoms with van der Waals surface area (Å²) in [6, 6.07) is 16.1. The molecule has 0 aliphatic heterocycles. The Morgan fingerprint density at radius 2 is 1.57 bits per heavy atom. The Morgan fingerprint density at radius 1 is 0.905 bits per heavy atom. The van der Waals surface area contributed by atoms with Crippen LogP contribution in [0.25, 0.3) is 0 Å². The fraction of sp³-hybridized carbons (Fsp3) is 0.125. The SMILES string of the molecule is O=C(Cc1ccccc1)NCC(=O)Nc1ccc(Cl)cc1. The molecule has 0 fully saturated rings. The van der Waals surface area contributed by atoms with Crippen molar-refractivity contribution in [3.8, 4) is 0 Å². The fourth-order valence-electron chi connectivity index (χ4n) is 1.76. The van der Waals surface area contributed by atoms with Crippen molar-refractivity contribution in [1.82, 2.24) is 5.32 Å². The lowest BCUT2D eigenvalue weighted by Gasteiger charge is -2.07. The first-order chi connectivity index (χ1) is 10.1. The first-order valence-corrected chi connectivity index (χ1v) is 6.87. The number of carbonyl (C=O) groups is 2. The molecule has 0 bridgehead atoms. The number of benzene rings is 2.